The monoisotopic (exact) mass is 358 g/mol. The van der Waals surface area contributed by atoms with Gasteiger partial charge >= 0.3 is 6.03 Å². The Kier molecular flexibility index (Phi) is 5.09. The van der Waals surface area contributed by atoms with Crippen LogP contribution in [-0.4, -0.2) is 47.9 Å². The van der Waals surface area contributed by atoms with Crippen molar-refractivity contribution < 1.29 is 9.59 Å². The van der Waals surface area contributed by atoms with Crippen LogP contribution in [0.3, 0.4) is 0 Å². The Labute approximate surface area is 151 Å². The molecule has 1 saturated heterocycles. The summed E-state index contributed by atoms with van der Waals surface area (Å²) in [5.41, 5.74) is 7.45. The number of rotatable bonds is 2. The summed E-state index contributed by atoms with van der Waals surface area (Å²) >= 11 is 6.06. The lowest BCUT2D eigenvalue weighted by Crippen LogP contribution is -2.51. The first-order valence-corrected chi connectivity index (χ1v) is 8.37. The van der Waals surface area contributed by atoms with Crippen molar-refractivity contribution in [2.45, 2.75) is 0 Å². The van der Waals surface area contributed by atoms with Crippen molar-refractivity contribution >= 4 is 34.9 Å². The van der Waals surface area contributed by atoms with E-state index in [2.05, 4.69) is 5.32 Å². The van der Waals surface area contributed by atoms with Crippen LogP contribution >= 0.6 is 11.6 Å². The largest absolute Gasteiger partial charge is 0.399 e. The maximum absolute atomic E-state index is 12.5. The Balaban J connectivity index is 1.56. The van der Waals surface area contributed by atoms with Gasteiger partial charge in [-0.05, 0) is 36.4 Å². The van der Waals surface area contributed by atoms with Gasteiger partial charge in [-0.25, -0.2) is 4.79 Å². The van der Waals surface area contributed by atoms with Gasteiger partial charge in [0.05, 0.1) is 10.7 Å². The zero-order valence-electron chi connectivity index (χ0n) is 13.6. The van der Waals surface area contributed by atoms with E-state index in [-0.39, 0.29) is 11.9 Å². The number of carbonyl (C=O) groups is 2. The van der Waals surface area contributed by atoms with Gasteiger partial charge in [-0.3, -0.25) is 4.79 Å². The summed E-state index contributed by atoms with van der Waals surface area (Å²) in [4.78, 5) is 28.2. The molecule has 0 unspecified atom stereocenters. The smallest absolute Gasteiger partial charge is 0.322 e. The highest BCUT2D eigenvalue weighted by molar-refractivity contribution is 6.33. The SMILES string of the molecule is Nc1ccc(C(=O)N2CCN(C(=O)Nc3ccccc3Cl)CC2)cc1. The minimum atomic E-state index is -0.215. The molecular weight excluding hydrogens is 340 g/mol. The zero-order chi connectivity index (χ0) is 17.8. The number of nitrogens with two attached hydrogens (primary N) is 1. The van der Waals surface area contributed by atoms with E-state index in [4.69, 9.17) is 17.3 Å². The highest BCUT2D eigenvalue weighted by Gasteiger charge is 2.25. The molecule has 1 fully saturated rings. The van der Waals surface area contributed by atoms with Gasteiger partial charge in [-0.2, -0.15) is 0 Å². The van der Waals surface area contributed by atoms with Crippen LogP contribution in [0.15, 0.2) is 48.5 Å². The second kappa shape index (κ2) is 7.44. The maximum atomic E-state index is 12.5. The van der Waals surface area contributed by atoms with E-state index in [0.717, 1.165) is 0 Å². The Morgan fingerprint density at radius 1 is 0.920 bits per heavy atom. The Morgan fingerprint density at radius 3 is 2.16 bits per heavy atom. The number of halogens is 1. The quantitative estimate of drug-likeness (QED) is 0.810. The first-order valence-electron chi connectivity index (χ1n) is 8.00. The van der Waals surface area contributed by atoms with Gasteiger partial charge in [0.2, 0.25) is 0 Å². The maximum Gasteiger partial charge on any atom is 0.322 e. The Bertz CT molecular complexity index is 771. The average Bonchev–Trinajstić information content (AvgIpc) is 2.64. The molecule has 2 aromatic carbocycles. The second-order valence-electron chi connectivity index (χ2n) is 5.81. The van der Waals surface area contributed by atoms with E-state index >= 15 is 0 Å². The number of hydrogen-bond donors (Lipinski definition) is 2. The van der Waals surface area contributed by atoms with Gasteiger partial charge in [-0.15, -0.1) is 0 Å². The van der Waals surface area contributed by atoms with Crippen molar-refractivity contribution in [1.82, 2.24) is 9.80 Å². The van der Waals surface area contributed by atoms with Crippen molar-refractivity contribution in [2.24, 2.45) is 0 Å². The highest BCUT2D eigenvalue weighted by Crippen LogP contribution is 2.21. The van der Waals surface area contributed by atoms with Crippen LogP contribution in [0.4, 0.5) is 16.2 Å². The van der Waals surface area contributed by atoms with Crippen LogP contribution in [0.25, 0.3) is 0 Å². The van der Waals surface area contributed by atoms with Crippen LogP contribution in [0.5, 0.6) is 0 Å². The Hall–Kier alpha value is -2.73. The highest BCUT2D eigenvalue weighted by atomic mass is 35.5. The van der Waals surface area contributed by atoms with E-state index in [1.165, 1.54) is 0 Å². The molecule has 0 atom stereocenters. The van der Waals surface area contributed by atoms with Crippen LogP contribution in [0.1, 0.15) is 10.4 Å². The fourth-order valence-electron chi connectivity index (χ4n) is 2.68. The third-order valence-electron chi connectivity index (χ3n) is 4.13. The van der Waals surface area contributed by atoms with Gasteiger partial charge in [0.15, 0.2) is 0 Å². The van der Waals surface area contributed by atoms with Crippen molar-refractivity contribution in [1.29, 1.82) is 0 Å². The minimum Gasteiger partial charge on any atom is -0.399 e. The van der Waals surface area contributed by atoms with Crippen LogP contribution in [0, 0.1) is 0 Å². The molecule has 3 rings (SSSR count). The van der Waals surface area contributed by atoms with Gasteiger partial charge in [-0.1, -0.05) is 23.7 Å². The molecule has 0 saturated carbocycles. The molecule has 25 heavy (non-hydrogen) atoms. The zero-order valence-corrected chi connectivity index (χ0v) is 14.4. The summed E-state index contributed by atoms with van der Waals surface area (Å²) in [6.45, 7) is 1.91. The normalized spacial score (nSPS) is 14.3. The number of amides is 3. The van der Waals surface area contributed by atoms with E-state index in [0.29, 0.717) is 48.1 Å². The average molecular weight is 359 g/mol. The minimum absolute atomic E-state index is 0.0499. The van der Waals surface area contributed by atoms with Crippen molar-refractivity contribution in [3.05, 3.63) is 59.1 Å². The van der Waals surface area contributed by atoms with E-state index < -0.39 is 0 Å². The van der Waals surface area contributed by atoms with Crippen molar-refractivity contribution in [2.75, 3.05) is 37.2 Å². The van der Waals surface area contributed by atoms with Gasteiger partial charge in [0.1, 0.15) is 0 Å². The number of carbonyl (C=O) groups excluding carboxylic acids is 2. The molecule has 1 aliphatic rings. The molecule has 1 heterocycles. The van der Waals surface area contributed by atoms with Crippen molar-refractivity contribution in [3.63, 3.8) is 0 Å². The molecule has 7 heteroatoms. The third-order valence-corrected chi connectivity index (χ3v) is 4.46. The standard InChI is InChI=1S/C18H19ClN4O2/c19-15-3-1-2-4-16(15)21-18(25)23-11-9-22(10-12-23)17(24)13-5-7-14(20)8-6-13/h1-8H,9-12,20H2,(H,21,25). The summed E-state index contributed by atoms with van der Waals surface area (Å²) in [6.07, 6.45) is 0. The number of hydrogen-bond acceptors (Lipinski definition) is 3. The fraction of sp³-hybridized carbons (Fsp3) is 0.222. The summed E-state index contributed by atoms with van der Waals surface area (Å²) < 4.78 is 0. The van der Waals surface area contributed by atoms with E-state index in [1.807, 2.05) is 6.07 Å². The summed E-state index contributed by atoms with van der Waals surface area (Å²) in [5, 5.41) is 3.29. The lowest BCUT2D eigenvalue weighted by atomic mass is 10.1. The number of para-hydroxylation sites is 1. The van der Waals surface area contributed by atoms with Gasteiger partial charge < -0.3 is 20.9 Å². The molecule has 0 radical (unpaired) electrons. The second-order valence-corrected chi connectivity index (χ2v) is 6.22. The van der Waals surface area contributed by atoms with Crippen LogP contribution in [0.2, 0.25) is 5.02 Å². The molecule has 0 aromatic heterocycles. The number of urea groups is 1. The molecule has 2 aromatic rings. The van der Waals surface area contributed by atoms with Crippen LogP contribution < -0.4 is 11.1 Å². The number of nitrogens with one attached hydrogen (secondary N) is 1. The number of nitrogens with zero attached hydrogens (tertiary/aromatic N) is 2. The summed E-state index contributed by atoms with van der Waals surface area (Å²) in [5.74, 6) is -0.0499. The third kappa shape index (κ3) is 4.03. The molecule has 0 bridgehead atoms. The predicted octanol–water partition coefficient (Wildman–Crippen LogP) is 2.91. The summed E-state index contributed by atoms with van der Waals surface area (Å²) in [7, 11) is 0. The lowest BCUT2D eigenvalue weighted by molar-refractivity contribution is 0.0672. The van der Waals surface area contributed by atoms with E-state index in [1.54, 1.807) is 52.3 Å². The molecule has 1 aliphatic heterocycles. The van der Waals surface area contributed by atoms with Crippen molar-refractivity contribution in [3.8, 4) is 0 Å². The van der Waals surface area contributed by atoms with E-state index in [9.17, 15) is 9.59 Å². The Morgan fingerprint density at radius 2 is 1.52 bits per heavy atom. The fourth-order valence-corrected chi connectivity index (χ4v) is 2.86. The first-order chi connectivity index (χ1) is 12.0. The van der Waals surface area contributed by atoms with Crippen LogP contribution in [-0.2, 0) is 0 Å². The number of piperazine rings is 1. The lowest BCUT2D eigenvalue weighted by Gasteiger charge is -2.34. The molecule has 6 nitrogen and oxygen atoms in total. The molecule has 3 amide bonds. The molecular formula is C18H19ClN4O2. The molecule has 0 aliphatic carbocycles. The number of benzene rings is 2. The molecule has 3 N–H and O–H groups in total. The number of nitrogen functional groups attached to an aromatic ring is 1. The van der Waals surface area contributed by atoms with Gasteiger partial charge in [0.25, 0.3) is 5.91 Å². The first kappa shape index (κ1) is 17.1. The topological polar surface area (TPSA) is 78.7 Å². The summed E-state index contributed by atoms with van der Waals surface area (Å²) in [6, 6.07) is 13.7. The number of anilines is 2. The van der Waals surface area contributed by atoms with Gasteiger partial charge in [0, 0.05) is 37.4 Å². The molecule has 130 valence electrons. The predicted molar refractivity (Wildman–Crippen MR) is 98.8 cm³/mol. The molecule has 0 spiro atoms.